The molecule has 82 valence electrons. The average Bonchev–Trinajstić information content (AvgIpc) is 2.38. The summed E-state index contributed by atoms with van der Waals surface area (Å²) in [5.74, 6) is 1.02. The van der Waals surface area contributed by atoms with Crippen molar-refractivity contribution in [2.45, 2.75) is 77.4 Å². The maximum Gasteiger partial charge on any atom is 0.0130 e. The lowest BCUT2D eigenvalue weighted by Crippen LogP contribution is -2.52. The van der Waals surface area contributed by atoms with E-state index in [9.17, 15) is 0 Å². The van der Waals surface area contributed by atoms with E-state index in [1.165, 1.54) is 32.1 Å². The van der Waals surface area contributed by atoms with Crippen molar-refractivity contribution in [2.24, 2.45) is 5.92 Å². The Labute approximate surface area is 88.9 Å². The van der Waals surface area contributed by atoms with Gasteiger partial charge in [0.05, 0.1) is 0 Å². The van der Waals surface area contributed by atoms with Crippen LogP contribution < -0.4 is 0 Å². The van der Waals surface area contributed by atoms with Crippen LogP contribution in [0.1, 0.15) is 59.8 Å². The highest BCUT2D eigenvalue weighted by Gasteiger charge is 2.44. The molecule has 2 aliphatic heterocycles. The number of rotatable bonds is 1. The molecule has 2 aliphatic rings. The number of hydrogen-bond donors (Lipinski definition) is 0. The quantitative estimate of drug-likeness (QED) is 0.619. The van der Waals surface area contributed by atoms with Crippen LogP contribution in [-0.4, -0.2) is 22.5 Å². The number of fused-ring (bicyclic) bond motifs is 2. The van der Waals surface area contributed by atoms with Crippen LogP contribution in [0, 0.1) is 5.92 Å². The Balaban J connectivity index is 2.10. The molecule has 0 aromatic carbocycles. The normalized spacial score (nSPS) is 39.0. The van der Waals surface area contributed by atoms with Crippen molar-refractivity contribution in [3.63, 3.8) is 0 Å². The predicted octanol–water partition coefficient (Wildman–Crippen LogP) is 3.44. The van der Waals surface area contributed by atoms with Crippen molar-refractivity contribution < 1.29 is 0 Å². The maximum atomic E-state index is 2.80. The molecule has 1 heteroatoms. The van der Waals surface area contributed by atoms with Crippen molar-refractivity contribution >= 4 is 0 Å². The van der Waals surface area contributed by atoms with Crippen LogP contribution in [0.15, 0.2) is 0 Å². The first-order chi connectivity index (χ1) is 6.52. The van der Waals surface area contributed by atoms with Gasteiger partial charge in [-0.05, 0) is 52.4 Å². The van der Waals surface area contributed by atoms with Gasteiger partial charge in [-0.1, -0.05) is 13.3 Å². The van der Waals surface area contributed by atoms with Gasteiger partial charge in [0.25, 0.3) is 0 Å². The monoisotopic (exact) mass is 195 g/mol. The third kappa shape index (κ3) is 1.71. The molecule has 2 rings (SSSR count). The molecule has 3 atom stereocenters. The summed E-state index contributed by atoms with van der Waals surface area (Å²) < 4.78 is 0. The first kappa shape index (κ1) is 10.5. The first-order valence-electron chi connectivity index (χ1n) is 6.30. The highest BCUT2D eigenvalue weighted by molar-refractivity contribution is 4.99. The summed E-state index contributed by atoms with van der Waals surface area (Å²) in [6.07, 6.45) is 7.23. The molecule has 0 N–H and O–H groups in total. The molecule has 0 radical (unpaired) electrons. The van der Waals surface area contributed by atoms with E-state index in [4.69, 9.17) is 0 Å². The Morgan fingerprint density at radius 2 is 1.57 bits per heavy atom. The van der Waals surface area contributed by atoms with Gasteiger partial charge < -0.3 is 0 Å². The maximum absolute atomic E-state index is 2.80. The fraction of sp³-hybridized carbons (Fsp3) is 1.00. The largest absolute Gasteiger partial charge is 0.293 e. The molecular formula is C13H25N. The van der Waals surface area contributed by atoms with Gasteiger partial charge in [0.2, 0.25) is 0 Å². The summed E-state index contributed by atoms with van der Waals surface area (Å²) in [6.45, 7) is 9.50. The molecule has 0 spiro atoms. The Hall–Kier alpha value is -0.0400. The SMILES string of the molecule is CC[C@H]1C[C@H]2CC[C@@H](C1)N2C(C)(C)C. The van der Waals surface area contributed by atoms with E-state index >= 15 is 0 Å². The molecule has 2 heterocycles. The third-order valence-corrected chi connectivity index (χ3v) is 4.18. The minimum atomic E-state index is 0.393. The Bertz CT molecular complexity index is 190. The second kappa shape index (κ2) is 3.52. The van der Waals surface area contributed by atoms with Crippen molar-refractivity contribution in [1.82, 2.24) is 4.90 Å². The second-order valence-corrected chi connectivity index (χ2v) is 6.21. The molecule has 1 nitrogen and oxygen atoms in total. The third-order valence-electron chi connectivity index (χ3n) is 4.18. The highest BCUT2D eigenvalue weighted by atomic mass is 15.3. The standard InChI is InChI=1S/C13H25N/c1-5-10-8-11-6-7-12(9-10)14(11)13(2,3)4/h10-12H,5-9H2,1-4H3/t10-,11+,12-. The van der Waals surface area contributed by atoms with Crippen LogP contribution in [0.4, 0.5) is 0 Å². The van der Waals surface area contributed by atoms with E-state index in [1.54, 1.807) is 0 Å². The zero-order valence-electron chi connectivity index (χ0n) is 10.2. The van der Waals surface area contributed by atoms with Gasteiger partial charge in [0.1, 0.15) is 0 Å². The molecule has 0 amide bonds. The van der Waals surface area contributed by atoms with Gasteiger partial charge in [0.15, 0.2) is 0 Å². The van der Waals surface area contributed by atoms with E-state index in [0.717, 1.165) is 18.0 Å². The fourth-order valence-corrected chi connectivity index (χ4v) is 3.72. The molecule has 0 aromatic heterocycles. The lowest BCUT2D eigenvalue weighted by molar-refractivity contribution is 0.0215. The van der Waals surface area contributed by atoms with Crippen LogP contribution >= 0.6 is 0 Å². The smallest absolute Gasteiger partial charge is 0.0130 e. The van der Waals surface area contributed by atoms with Crippen LogP contribution in [-0.2, 0) is 0 Å². The van der Waals surface area contributed by atoms with Crippen LogP contribution in [0.3, 0.4) is 0 Å². The van der Waals surface area contributed by atoms with Gasteiger partial charge in [-0.15, -0.1) is 0 Å². The van der Waals surface area contributed by atoms with Gasteiger partial charge in [-0.25, -0.2) is 0 Å². The van der Waals surface area contributed by atoms with Crippen molar-refractivity contribution in [3.05, 3.63) is 0 Å². The Kier molecular flexibility index (Phi) is 2.63. The van der Waals surface area contributed by atoms with Crippen LogP contribution in [0.2, 0.25) is 0 Å². The molecule has 0 aliphatic carbocycles. The molecule has 0 unspecified atom stereocenters. The van der Waals surface area contributed by atoms with E-state index in [-0.39, 0.29) is 0 Å². The number of piperidine rings is 1. The lowest BCUT2D eigenvalue weighted by atomic mass is 9.86. The van der Waals surface area contributed by atoms with Crippen molar-refractivity contribution in [2.75, 3.05) is 0 Å². The molecule has 2 bridgehead atoms. The Morgan fingerprint density at radius 3 is 1.93 bits per heavy atom. The minimum absolute atomic E-state index is 0.393. The second-order valence-electron chi connectivity index (χ2n) is 6.21. The van der Waals surface area contributed by atoms with Gasteiger partial charge in [-0.2, -0.15) is 0 Å². The van der Waals surface area contributed by atoms with E-state index in [1.807, 2.05) is 0 Å². The fourth-order valence-electron chi connectivity index (χ4n) is 3.72. The summed E-state index contributed by atoms with van der Waals surface area (Å²) in [5, 5.41) is 0. The number of nitrogens with zero attached hydrogens (tertiary/aromatic N) is 1. The topological polar surface area (TPSA) is 3.24 Å². The molecular weight excluding hydrogens is 170 g/mol. The molecule has 2 saturated heterocycles. The lowest BCUT2D eigenvalue weighted by Gasteiger charge is -2.46. The van der Waals surface area contributed by atoms with Crippen molar-refractivity contribution in [1.29, 1.82) is 0 Å². The summed E-state index contributed by atoms with van der Waals surface area (Å²) in [4.78, 5) is 2.80. The molecule has 0 saturated carbocycles. The van der Waals surface area contributed by atoms with Gasteiger partial charge in [-0.3, -0.25) is 4.90 Å². The van der Waals surface area contributed by atoms with E-state index < -0.39 is 0 Å². The van der Waals surface area contributed by atoms with E-state index in [2.05, 4.69) is 32.6 Å². The Morgan fingerprint density at radius 1 is 1.07 bits per heavy atom. The molecule has 0 aromatic rings. The number of hydrogen-bond acceptors (Lipinski definition) is 1. The van der Waals surface area contributed by atoms with Crippen LogP contribution in [0.25, 0.3) is 0 Å². The zero-order chi connectivity index (χ0) is 10.3. The van der Waals surface area contributed by atoms with Gasteiger partial charge in [0, 0.05) is 17.6 Å². The van der Waals surface area contributed by atoms with E-state index in [0.29, 0.717) is 5.54 Å². The van der Waals surface area contributed by atoms with Crippen LogP contribution in [0.5, 0.6) is 0 Å². The minimum Gasteiger partial charge on any atom is -0.293 e. The highest BCUT2D eigenvalue weighted by Crippen LogP contribution is 2.43. The first-order valence-corrected chi connectivity index (χ1v) is 6.30. The van der Waals surface area contributed by atoms with Gasteiger partial charge >= 0.3 is 0 Å². The summed E-state index contributed by atoms with van der Waals surface area (Å²) in [6, 6.07) is 1.80. The summed E-state index contributed by atoms with van der Waals surface area (Å²) >= 11 is 0. The molecule has 2 fully saturated rings. The zero-order valence-corrected chi connectivity index (χ0v) is 10.2. The average molecular weight is 195 g/mol. The summed E-state index contributed by atoms with van der Waals surface area (Å²) in [7, 11) is 0. The predicted molar refractivity (Wildman–Crippen MR) is 61.4 cm³/mol. The summed E-state index contributed by atoms with van der Waals surface area (Å²) in [5.41, 5.74) is 0.393. The molecule has 14 heavy (non-hydrogen) atoms. The van der Waals surface area contributed by atoms with Crippen molar-refractivity contribution in [3.8, 4) is 0 Å².